The molecule has 4 rings (SSSR count). The van der Waals surface area contributed by atoms with E-state index in [0.717, 1.165) is 35.0 Å². The van der Waals surface area contributed by atoms with Crippen LogP contribution in [-0.4, -0.2) is 51.2 Å². The van der Waals surface area contributed by atoms with Gasteiger partial charge in [-0.25, -0.2) is 0 Å². The highest BCUT2D eigenvalue weighted by atomic mass is 19.4. The van der Waals surface area contributed by atoms with Crippen LogP contribution in [0.3, 0.4) is 0 Å². The van der Waals surface area contributed by atoms with E-state index in [1.165, 1.54) is 46.2 Å². The smallest absolute Gasteiger partial charge is 0.361 e. The normalized spacial score (nSPS) is 11.4. The molecule has 0 aliphatic carbocycles. The first kappa shape index (κ1) is 30.3. The van der Waals surface area contributed by atoms with E-state index in [2.05, 4.69) is 4.98 Å². The minimum absolute atomic E-state index is 0.0476. The van der Waals surface area contributed by atoms with E-state index in [-0.39, 0.29) is 43.3 Å². The van der Waals surface area contributed by atoms with Crippen molar-refractivity contribution in [1.29, 1.82) is 0 Å². The first-order chi connectivity index (χ1) is 20.1. The summed E-state index contributed by atoms with van der Waals surface area (Å²) in [6.07, 6.45) is -0.768. The van der Waals surface area contributed by atoms with Crippen molar-refractivity contribution >= 4 is 28.4 Å². The van der Waals surface area contributed by atoms with E-state index in [1.807, 2.05) is 37.4 Å². The topological polar surface area (TPSA) is 99.6 Å². The fourth-order valence-corrected chi connectivity index (χ4v) is 4.71. The highest BCUT2D eigenvalue weighted by Gasteiger charge is 2.30. The van der Waals surface area contributed by atoms with Gasteiger partial charge in [0.2, 0.25) is 5.91 Å². The Morgan fingerprint density at radius 1 is 0.952 bits per heavy atom. The predicted molar refractivity (Wildman–Crippen MR) is 153 cm³/mol. The molecular formula is C31H31F3N4O4. The van der Waals surface area contributed by atoms with Crippen LogP contribution < -0.4 is 0 Å². The van der Waals surface area contributed by atoms with Gasteiger partial charge in [0.25, 0.3) is 11.6 Å². The highest BCUT2D eigenvalue weighted by molar-refractivity contribution is 5.97. The Morgan fingerprint density at radius 2 is 1.69 bits per heavy atom. The van der Waals surface area contributed by atoms with Crippen LogP contribution in [0.4, 0.5) is 18.9 Å². The molecule has 0 saturated heterocycles. The molecule has 3 aromatic carbocycles. The van der Waals surface area contributed by atoms with Gasteiger partial charge in [-0.3, -0.25) is 19.7 Å². The standard InChI is InChI=1S/C31H31F3N4O4/c1-2-3-16-37(30(40)23-7-6-8-26(18-23)38(41)42)21-29(39)36(20-22-11-13-25(14-12-22)31(32,33)34)17-15-24-19-35-28-10-5-4-9-27(24)28/h4-14,18-19,35H,2-3,15-17,20-21H2,1H3. The average Bonchev–Trinajstić information content (AvgIpc) is 3.39. The number of nitrogens with zero attached hydrogens (tertiary/aromatic N) is 3. The van der Waals surface area contributed by atoms with Crippen LogP contribution in [0.15, 0.2) is 79.0 Å². The average molecular weight is 581 g/mol. The number of nitrogens with one attached hydrogen (secondary N) is 1. The van der Waals surface area contributed by atoms with Crippen LogP contribution in [0, 0.1) is 10.1 Å². The Balaban J connectivity index is 1.58. The molecule has 220 valence electrons. The maximum Gasteiger partial charge on any atom is 0.416 e. The summed E-state index contributed by atoms with van der Waals surface area (Å²) in [4.78, 5) is 43.9. The van der Waals surface area contributed by atoms with Gasteiger partial charge in [-0.15, -0.1) is 0 Å². The lowest BCUT2D eigenvalue weighted by molar-refractivity contribution is -0.384. The van der Waals surface area contributed by atoms with Gasteiger partial charge in [-0.1, -0.05) is 49.7 Å². The quantitative estimate of drug-likeness (QED) is 0.151. The van der Waals surface area contributed by atoms with E-state index >= 15 is 0 Å². The fraction of sp³-hybridized carbons (Fsp3) is 0.290. The predicted octanol–water partition coefficient (Wildman–Crippen LogP) is 6.61. The van der Waals surface area contributed by atoms with Crippen molar-refractivity contribution < 1.29 is 27.7 Å². The second kappa shape index (κ2) is 13.3. The molecule has 11 heteroatoms. The highest BCUT2D eigenvalue weighted by Crippen LogP contribution is 2.29. The van der Waals surface area contributed by atoms with E-state index in [9.17, 15) is 32.9 Å². The molecule has 1 N–H and O–H groups in total. The number of fused-ring (bicyclic) bond motifs is 1. The summed E-state index contributed by atoms with van der Waals surface area (Å²) in [7, 11) is 0. The number of benzene rings is 3. The molecular weight excluding hydrogens is 549 g/mol. The maximum atomic E-state index is 13.7. The van der Waals surface area contributed by atoms with Crippen molar-refractivity contribution in [2.45, 2.75) is 38.9 Å². The van der Waals surface area contributed by atoms with E-state index < -0.39 is 22.6 Å². The Morgan fingerprint density at radius 3 is 2.38 bits per heavy atom. The number of para-hydroxylation sites is 1. The van der Waals surface area contributed by atoms with Gasteiger partial charge in [0.05, 0.1) is 10.5 Å². The van der Waals surface area contributed by atoms with Gasteiger partial charge in [0.15, 0.2) is 0 Å². The molecule has 4 aromatic rings. The number of carbonyl (C=O) groups excluding carboxylic acids is 2. The summed E-state index contributed by atoms with van der Waals surface area (Å²) in [6.45, 7) is 2.23. The van der Waals surface area contributed by atoms with Crippen LogP contribution in [0.25, 0.3) is 10.9 Å². The Bertz CT molecular complexity index is 1550. The molecule has 0 unspecified atom stereocenters. The summed E-state index contributed by atoms with van der Waals surface area (Å²) in [5, 5.41) is 12.2. The second-order valence-corrected chi connectivity index (χ2v) is 10.0. The Hall–Kier alpha value is -4.67. The Labute approximate surface area is 240 Å². The number of H-pyrrole nitrogens is 1. The fourth-order valence-electron chi connectivity index (χ4n) is 4.71. The zero-order chi connectivity index (χ0) is 30.3. The minimum Gasteiger partial charge on any atom is -0.361 e. The molecule has 1 heterocycles. The molecule has 42 heavy (non-hydrogen) atoms. The van der Waals surface area contributed by atoms with E-state index in [4.69, 9.17) is 0 Å². The van der Waals surface area contributed by atoms with Gasteiger partial charge in [-0.05, 0) is 48.2 Å². The Kier molecular flexibility index (Phi) is 9.61. The van der Waals surface area contributed by atoms with E-state index in [0.29, 0.717) is 18.4 Å². The number of unbranched alkanes of at least 4 members (excludes halogenated alkanes) is 1. The number of hydrogen-bond donors (Lipinski definition) is 1. The molecule has 0 radical (unpaired) electrons. The number of rotatable bonds is 12. The van der Waals surface area contributed by atoms with Gasteiger partial charge in [0.1, 0.15) is 6.54 Å². The number of non-ortho nitro benzene ring substituents is 1. The van der Waals surface area contributed by atoms with Gasteiger partial charge >= 0.3 is 6.18 Å². The molecule has 0 atom stereocenters. The van der Waals surface area contributed by atoms with Crippen LogP contribution in [0.2, 0.25) is 0 Å². The molecule has 1 aromatic heterocycles. The summed E-state index contributed by atoms with van der Waals surface area (Å²) < 4.78 is 39.3. The number of alkyl halides is 3. The monoisotopic (exact) mass is 580 g/mol. The SMILES string of the molecule is CCCCN(CC(=O)N(CCc1c[nH]c2ccccc12)Cc1ccc(C(F)(F)F)cc1)C(=O)c1cccc([N+](=O)[O-])c1. The first-order valence-electron chi connectivity index (χ1n) is 13.6. The summed E-state index contributed by atoms with van der Waals surface area (Å²) in [6, 6.07) is 17.7. The van der Waals surface area contributed by atoms with Crippen molar-refractivity contribution in [3.63, 3.8) is 0 Å². The molecule has 0 saturated carbocycles. The second-order valence-electron chi connectivity index (χ2n) is 10.0. The minimum atomic E-state index is -4.48. The molecule has 0 bridgehead atoms. The molecule has 0 spiro atoms. The number of hydrogen-bond acceptors (Lipinski definition) is 4. The van der Waals surface area contributed by atoms with Crippen LogP contribution in [0.5, 0.6) is 0 Å². The lowest BCUT2D eigenvalue weighted by Crippen LogP contribution is -2.43. The van der Waals surface area contributed by atoms with E-state index in [1.54, 1.807) is 0 Å². The number of nitro benzene ring substituents is 1. The maximum absolute atomic E-state index is 13.7. The zero-order valence-electron chi connectivity index (χ0n) is 23.1. The van der Waals surface area contributed by atoms with Gasteiger partial charge in [-0.2, -0.15) is 13.2 Å². The third-order valence-electron chi connectivity index (χ3n) is 7.03. The van der Waals surface area contributed by atoms with Gasteiger partial charge < -0.3 is 14.8 Å². The molecule has 0 fully saturated rings. The van der Waals surface area contributed by atoms with Crippen LogP contribution in [0.1, 0.15) is 46.8 Å². The summed E-state index contributed by atoms with van der Waals surface area (Å²) >= 11 is 0. The van der Waals surface area contributed by atoms with Crippen LogP contribution >= 0.6 is 0 Å². The van der Waals surface area contributed by atoms with Crippen molar-refractivity contribution in [2.75, 3.05) is 19.6 Å². The number of aromatic nitrogens is 1. The molecule has 8 nitrogen and oxygen atoms in total. The van der Waals surface area contributed by atoms with Crippen molar-refractivity contribution in [2.24, 2.45) is 0 Å². The third-order valence-corrected chi connectivity index (χ3v) is 7.03. The van der Waals surface area contributed by atoms with Crippen molar-refractivity contribution in [1.82, 2.24) is 14.8 Å². The molecule has 0 aliphatic rings. The van der Waals surface area contributed by atoms with Gasteiger partial charge in [0, 0.05) is 54.4 Å². The number of nitro groups is 1. The van der Waals surface area contributed by atoms with Crippen molar-refractivity contribution in [3.05, 3.63) is 111 Å². The lowest BCUT2D eigenvalue weighted by Gasteiger charge is -2.28. The number of halogens is 3. The largest absolute Gasteiger partial charge is 0.416 e. The zero-order valence-corrected chi connectivity index (χ0v) is 23.1. The first-order valence-corrected chi connectivity index (χ1v) is 13.6. The van der Waals surface area contributed by atoms with Crippen LogP contribution in [-0.2, 0) is 23.9 Å². The number of amides is 2. The molecule has 2 amide bonds. The van der Waals surface area contributed by atoms with Crippen molar-refractivity contribution in [3.8, 4) is 0 Å². The number of aromatic amines is 1. The summed E-state index contributed by atoms with van der Waals surface area (Å²) in [5.74, 6) is -0.892. The third kappa shape index (κ3) is 7.54. The summed E-state index contributed by atoms with van der Waals surface area (Å²) in [5.41, 5.74) is 1.52. The molecule has 0 aliphatic heterocycles. The lowest BCUT2D eigenvalue weighted by atomic mass is 10.1. The number of carbonyl (C=O) groups is 2.